The molecule has 1 heterocycles. The summed E-state index contributed by atoms with van der Waals surface area (Å²) in [5, 5.41) is 2.82. The molecular weight excluding hydrogens is 464 g/mol. The summed E-state index contributed by atoms with van der Waals surface area (Å²) in [4.78, 5) is 24.8. The number of hydrogen-bond acceptors (Lipinski definition) is 5. The molecule has 1 atom stereocenters. The van der Waals surface area contributed by atoms with Gasteiger partial charge in [0.25, 0.3) is 5.91 Å². The third kappa shape index (κ3) is 6.13. The highest BCUT2D eigenvalue weighted by atomic mass is 35.5. The molecule has 2 aromatic rings. The Hall–Kier alpha value is -2.42. The van der Waals surface area contributed by atoms with Crippen LogP contribution in [0.3, 0.4) is 0 Å². The van der Waals surface area contributed by atoms with Crippen LogP contribution in [0, 0.1) is 0 Å². The van der Waals surface area contributed by atoms with Crippen molar-refractivity contribution in [1.82, 2.24) is 4.31 Å². The number of benzene rings is 2. The number of anilines is 1. The molecule has 1 amide bonds. The minimum absolute atomic E-state index is 0.0165. The van der Waals surface area contributed by atoms with Crippen LogP contribution >= 0.6 is 11.6 Å². The number of ether oxygens (including phenoxy) is 1. The number of para-hydroxylation sites is 1. The molecule has 0 radical (unpaired) electrons. The normalized spacial score (nSPS) is 15.6. The van der Waals surface area contributed by atoms with Gasteiger partial charge in [-0.15, -0.1) is 0 Å². The van der Waals surface area contributed by atoms with Crippen LogP contribution in [-0.4, -0.2) is 44.3 Å². The lowest BCUT2D eigenvalue weighted by molar-refractivity contribution is -0.119. The second-order valence-corrected chi connectivity index (χ2v) is 10.4. The molecule has 1 aliphatic heterocycles. The van der Waals surface area contributed by atoms with Crippen molar-refractivity contribution >= 4 is 39.2 Å². The van der Waals surface area contributed by atoms with Gasteiger partial charge in [-0.05, 0) is 55.0 Å². The van der Waals surface area contributed by atoms with E-state index in [-0.39, 0.29) is 21.4 Å². The molecule has 33 heavy (non-hydrogen) atoms. The van der Waals surface area contributed by atoms with Gasteiger partial charge in [0.1, 0.15) is 4.90 Å². The van der Waals surface area contributed by atoms with Crippen molar-refractivity contribution in [3.05, 3.63) is 58.6 Å². The number of carbonyl (C=O) groups is 2. The van der Waals surface area contributed by atoms with Crippen LogP contribution in [0.5, 0.6) is 0 Å². The molecule has 1 aliphatic rings. The molecule has 178 valence electrons. The number of nitrogens with one attached hydrogen (secondary N) is 1. The molecule has 0 aromatic heterocycles. The van der Waals surface area contributed by atoms with Crippen LogP contribution in [0.2, 0.25) is 5.02 Å². The van der Waals surface area contributed by atoms with Gasteiger partial charge in [0.05, 0.1) is 10.6 Å². The van der Waals surface area contributed by atoms with Crippen LogP contribution in [0.25, 0.3) is 0 Å². The van der Waals surface area contributed by atoms with Crippen molar-refractivity contribution in [3.63, 3.8) is 0 Å². The fourth-order valence-corrected chi connectivity index (χ4v) is 5.75. The van der Waals surface area contributed by atoms with E-state index in [1.54, 1.807) is 6.07 Å². The highest BCUT2D eigenvalue weighted by molar-refractivity contribution is 7.89. The quantitative estimate of drug-likeness (QED) is 0.533. The highest BCUT2D eigenvalue weighted by Gasteiger charge is 2.29. The van der Waals surface area contributed by atoms with E-state index in [4.69, 9.17) is 16.3 Å². The molecule has 3 rings (SSSR count). The first-order valence-corrected chi connectivity index (χ1v) is 12.9. The Morgan fingerprint density at radius 3 is 2.52 bits per heavy atom. The Bertz CT molecular complexity index is 1110. The third-order valence-corrected chi connectivity index (χ3v) is 8.19. The van der Waals surface area contributed by atoms with Gasteiger partial charge in [-0.3, -0.25) is 4.79 Å². The topological polar surface area (TPSA) is 92.8 Å². The molecule has 1 N–H and O–H groups in total. The molecule has 0 saturated carbocycles. The lowest BCUT2D eigenvalue weighted by Crippen LogP contribution is -2.35. The van der Waals surface area contributed by atoms with Gasteiger partial charge < -0.3 is 10.1 Å². The number of piperidine rings is 1. The smallest absolute Gasteiger partial charge is 0.338 e. The minimum atomic E-state index is -3.82. The summed E-state index contributed by atoms with van der Waals surface area (Å²) in [5.41, 5.74) is 1.70. The van der Waals surface area contributed by atoms with Crippen molar-refractivity contribution in [3.8, 4) is 0 Å². The maximum absolute atomic E-state index is 13.0. The zero-order valence-electron chi connectivity index (χ0n) is 18.8. The molecule has 7 nitrogen and oxygen atoms in total. The van der Waals surface area contributed by atoms with Gasteiger partial charge in [-0.1, -0.05) is 50.1 Å². The van der Waals surface area contributed by atoms with Gasteiger partial charge >= 0.3 is 5.97 Å². The predicted molar refractivity (Wildman–Crippen MR) is 128 cm³/mol. The second-order valence-electron chi connectivity index (χ2n) is 8.13. The van der Waals surface area contributed by atoms with Crippen molar-refractivity contribution < 1.29 is 22.7 Å². The standard InChI is InChI=1S/C24H29ClN2O5S/c1-3-17(2)19-9-5-6-10-21(19)26-23(28)16-32-24(29)18-11-12-20(25)22(15-18)33(30,31)27-13-7-4-8-14-27/h5-6,9-12,15,17H,3-4,7-8,13-14,16H2,1-2H3,(H,26,28)/t17-/m0/s1. The molecule has 0 aliphatic carbocycles. The number of carbonyl (C=O) groups excluding carboxylic acids is 2. The Labute approximate surface area is 200 Å². The summed E-state index contributed by atoms with van der Waals surface area (Å²) in [6.45, 7) is 4.49. The SMILES string of the molecule is CC[C@H](C)c1ccccc1NC(=O)COC(=O)c1ccc(Cl)c(S(=O)(=O)N2CCCCC2)c1. The van der Waals surface area contributed by atoms with E-state index in [2.05, 4.69) is 19.2 Å². The Morgan fingerprint density at radius 1 is 1.12 bits per heavy atom. The molecule has 2 aromatic carbocycles. The number of rotatable bonds is 8. The lowest BCUT2D eigenvalue weighted by atomic mass is 9.97. The monoisotopic (exact) mass is 492 g/mol. The summed E-state index contributed by atoms with van der Waals surface area (Å²) in [7, 11) is -3.82. The fourth-order valence-electron chi connectivity index (χ4n) is 3.73. The molecular formula is C24H29ClN2O5S. The molecule has 0 bridgehead atoms. The second kappa shape index (κ2) is 11.1. The van der Waals surface area contributed by atoms with Gasteiger partial charge in [-0.2, -0.15) is 4.31 Å². The van der Waals surface area contributed by atoms with E-state index in [0.29, 0.717) is 18.8 Å². The largest absolute Gasteiger partial charge is 0.452 e. The Balaban J connectivity index is 1.68. The number of amides is 1. The van der Waals surface area contributed by atoms with E-state index in [1.807, 2.05) is 18.2 Å². The molecule has 0 spiro atoms. The van der Waals surface area contributed by atoms with Crippen molar-refractivity contribution in [2.24, 2.45) is 0 Å². The van der Waals surface area contributed by atoms with Crippen molar-refractivity contribution in [2.75, 3.05) is 25.0 Å². The van der Waals surface area contributed by atoms with E-state index >= 15 is 0 Å². The van der Waals surface area contributed by atoms with Crippen molar-refractivity contribution in [1.29, 1.82) is 0 Å². The van der Waals surface area contributed by atoms with E-state index < -0.39 is 28.5 Å². The maximum Gasteiger partial charge on any atom is 0.338 e. The van der Waals surface area contributed by atoms with Gasteiger partial charge in [0.15, 0.2) is 6.61 Å². The van der Waals surface area contributed by atoms with Gasteiger partial charge in [-0.25, -0.2) is 13.2 Å². The fraction of sp³-hybridized carbons (Fsp3) is 0.417. The van der Waals surface area contributed by atoms with E-state index in [1.165, 1.54) is 22.5 Å². The summed E-state index contributed by atoms with van der Waals surface area (Å²) in [6, 6.07) is 11.4. The number of hydrogen-bond donors (Lipinski definition) is 1. The van der Waals surface area contributed by atoms with Crippen molar-refractivity contribution in [2.45, 2.75) is 50.3 Å². The zero-order chi connectivity index (χ0) is 24.0. The van der Waals surface area contributed by atoms with Crippen LogP contribution in [0.15, 0.2) is 47.4 Å². The van der Waals surface area contributed by atoms with Crippen LogP contribution in [0.1, 0.15) is 61.4 Å². The predicted octanol–water partition coefficient (Wildman–Crippen LogP) is 4.82. The van der Waals surface area contributed by atoms with Crippen LogP contribution in [0.4, 0.5) is 5.69 Å². The number of nitrogens with zero attached hydrogens (tertiary/aromatic N) is 1. The first-order chi connectivity index (χ1) is 15.7. The van der Waals surface area contributed by atoms with E-state index in [0.717, 1.165) is 31.2 Å². The Morgan fingerprint density at radius 2 is 1.82 bits per heavy atom. The van der Waals surface area contributed by atoms with Gasteiger partial charge in [0, 0.05) is 18.8 Å². The third-order valence-electron chi connectivity index (χ3n) is 5.81. The first-order valence-electron chi connectivity index (χ1n) is 11.1. The summed E-state index contributed by atoms with van der Waals surface area (Å²) in [5.74, 6) is -1.01. The lowest BCUT2D eigenvalue weighted by Gasteiger charge is -2.26. The average molecular weight is 493 g/mol. The zero-order valence-corrected chi connectivity index (χ0v) is 20.4. The Kier molecular flexibility index (Phi) is 8.51. The summed E-state index contributed by atoms with van der Waals surface area (Å²) < 4.78 is 32.5. The molecule has 9 heteroatoms. The highest BCUT2D eigenvalue weighted by Crippen LogP contribution is 2.28. The van der Waals surface area contributed by atoms with Crippen LogP contribution in [-0.2, 0) is 19.6 Å². The number of sulfonamides is 1. The van der Waals surface area contributed by atoms with Crippen LogP contribution < -0.4 is 5.32 Å². The minimum Gasteiger partial charge on any atom is -0.452 e. The summed E-state index contributed by atoms with van der Waals surface area (Å²) in [6.07, 6.45) is 3.47. The maximum atomic E-state index is 13.0. The molecule has 0 unspecified atom stereocenters. The van der Waals surface area contributed by atoms with E-state index in [9.17, 15) is 18.0 Å². The number of halogens is 1. The number of esters is 1. The first kappa shape index (κ1) is 25.2. The van der Waals surface area contributed by atoms with Gasteiger partial charge in [0.2, 0.25) is 10.0 Å². The molecule has 1 fully saturated rings. The summed E-state index contributed by atoms with van der Waals surface area (Å²) >= 11 is 6.15. The molecule has 1 saturated heterocycles. The average Bonchev–Trinajstić information content (AvgIpc) is 2.83.